The van der Waals surface area contributed by atoms with Gasteiger partial charge in [0.15, 0.2) is 0 Å². The van der Waals surface area contributed by atoms with Crippen molar-refractivity contribution in [1.82, 2.24) is 14.9 Å². The molecular formula is C16H28N4O. The van der Waals surface area contributed by atoms with Crippen molar-refractivity contribution in [2.24, 2.45) is 0 Å². The Morgan fingerprint density at radius 2 is 1.86 bits per heavy atom. The van der Waals surface area contributed by atoms with E-state index in [2.05, 4.69) is 43.0 Å². The van der Waals surface area contributed by atoms with Gasteiger partial charge in [0, 0.05) is 25.2 Å². The van der Waals surface area contributed by atoms with Crippen molar-refractivity contribution >= 4 is 11.7 Å². The van der Waals surface area contributed by atoms with Gasteiger partial charge in [0.05, 0.1) is 0 Å². The van der Waals surface area contributed by atoms with Crippen LogP contribution in [0, 0.1) is 6.92 Å². The van der Waals surface area contributed by atoms with Crippen LogP contribution in [0.5, 0.6) is 0 Å². The Balaban J connectivity index is 2.97. The van der Waals surface area contributed by atoms with E-state index in [1.807, 2.05) is 11.8 Å². The molecule has 1 aromatic heterocycles. The number of aryl methyl sites for hydroxylation is 1. The topological polar surface area (TPSA) is 58.1 Å². The standard InChI is InChI=1S/C16H28N4O/c1-6-9-20(10-7-2)16(21)14-11-15(17-12(4)8-3)19-13(5)18-14/h11-12H,6-10H2,1-5H3,(H,17,18,19). The van der Waals surface area contributed by atoms with Gasteiger partial charge in [-0.05, 0) is 33.1 Å². The highest BCUT2D eigenvalue weighted by Gasteiger charge is 2.17. The molecule has 5 heteroatoms. The van der Waals surface area contributed by atoms with Gasteiger partial charge in [0.2, 0.25) is 0 Å². The number of amides is 1. The van der Waals surface area contributed by atoms with Crippen LogP contribution in [0.3, 0.4) is 0 Å². The van der Waals surface area contributed by atoms with E-state index >= 15 is 0 Å². The Hall–Kier alpha value is -1.65. The van der Waals surface area contributed by atoms with Crippen molar-refractivity contribution < 1.29 is 4.79 Å². The lowest BCUT2D eigenvalue weighted by Crippen LogP contribution is -2.33. The van der Waals surface area contributed by atoms with Gasteiger partial charge in [0.25, 0.3) is 5.91 Å². The molecule has 1 heterocycles. The number of nitrogens with one attached hydrogen (secondary N) is 1. The van der Waals surface area contributed by atoms with Crippen molar-refractivity contribution in [3.63, 3.8) is 0 Å². The molecule has 0 aromatic carbocycles. The van der Waals surface area contributed by atoms with Gasteiger partial charge in [-0.2, -0.15) is 0 Å². The van der Waals surface area contributed by atoms with E-state index in [1.165, 1.54) is 0 Å². The molecule has 0 saturated carbocycles. The molecule has 1 amide bonds. The predicted molar refractivity (Wildman–Crippen MR) is 86.6 cm³/mol. The van der Waals surface area contributed by atoms with Crippen LogP contribution in [0.2, 0.25) is 0 Å². The molecule has 1 N–H and O–H groups in total. The molecule has 0 radical (unpaired) electrons. The largest absolute Gasteiger partial charge is 0.368 e. The third-order valence-corrected chi connectivity index (χ3v) is 3.34. The minimum absolute atomic E-state index is 0.00333. The van der Waals surface area contributed by atoms with Crippen molar-refractivity contribution in [2.45, 2.75) is 59.9 Å². The predicted octanol–water partition coefficient (Wildman–Crippen LogP) is 3.26. The second-order valence-electron chi connectivity index (χ2n) is 5.43. The summed E-state index contributed by atoms with van der Waals surface area (Å²) in [5.41, 5.74) is 0.482. The monoisotopic (exact) mass is 292 g/mol. The molecule has 0 spiro atoms. The molecule has 1 aromatic rings. The van der Waals surface area contributed by atoms with Crippen LogP contribution < -0.4 is 5.32 Å². The first-order valence-electron chi connectivity index (χ1n) is 7.93. The van der Waals surface area contributed by atoms with Gasteiger partial charge in [-0.15, -0.1) is 0 Å². The van der Waals surface area contributed by atoms with Crippen molar-refractivity contribution in [1.29, 1.82) is 0 Å². The van der Waals surface area contributed by atoms with Crippen LogP contribution in [0.4, 0.5) is 5.82 Å². The summed E-state index contributed by atoms with van der Waals surface area (Å²) < 4.78 is 0. The van der Waals surface area contributed by atoms with Crippen LogP contribution in [0.25, 0.3) is 0 Å². The maximum Gasteiger partial charge on any atom is 0.272 e. The van der Waals surface area contributed by atoms with Crippen molar-refractivity contribution in [3.05, 3.63) is 17.6 Å². The molecule has 1 unspecified atom stereocenters. The first kappa shape index (κ1) is 17.4. The molecule has 0 aliphatic rings. The number of anilines is 1. The maximum atomic E-state index is 12.6. The van der Waals surface area contributed by atoms with Crippen LogP contribution in [0.1, 0.15) is 63.3 Å². The molecule has 21 heavy (non-hydrogen) atoms. The quantitative estimate of drug-likeness (QED) is 0.799. The molecule has 0 aliphatic heterocycles. The minimum Gasteiger partial charge on any atom is -0.368 e. The smallest absolute Gasteiger partial charge is 0.272 e. The summed E-state index contributed by atoms with van der Waals surface area (Å²) in [6, 6.07) is 2.09. The first-order valence-corrected chi connectivity index (χ1v) is 7.93. The summed E-state index contributed by atoms with van der Waals surface area (Å²) in [7, 11) is 0. The van der Waals surface area contributed by atoms with E-state index in [-0.39, 0.29) is 5.91 Å². The van der Waals surface area contributed by atoms with Crippen LogP contribution in [-0.2, 0) is 0 Å². The molecule has 0 saturated heterocycles. The van der Waals surface area contributed by atoms with E-state index in [0.29, 0.717) is 17.6 Å². The van der Waals surface area contributed by atoms with E-state index in [0.717, 1.165) is 38.2 Å². The number of hydrogen-bond donors (Lipinski definition) is 1. The van der Waals surface area contributed by atoms with Gasteiger partial charge < -0.3 is 10.2 Å². The second-order valence-corrected chi connectivity index (χ2v) is 5.43. The normalized spacial score (nSPS) is 12.0. The number of hydrogen-bond acceptors (Lipinski definition) is 4. The fourth-order valence-electron chi connectivity index (χ4n) is 2.12. The van der Waals surface area contributed by atoms with E-state index in [1.54, 1.807) is 6.07 Å². The molecule has 1 atom stereocenters. The Labute approximate surface area is 128 Å². The van der Waals surface area contributed by atoms with Crippen LogP contribution in [-0.4, -0.2) is 39.9 Å². The lowest BCUT2D eigenvalue weighted by Gasteiger charge is -2.21. The zero-order chi connectivity index (χ0) is 15.8. The van der Waals surface area contributed by atoms with Gasteiger partial charge in [-0.3, -0.25) is 4.79 Å². The van der Waals surface area contributed by atoms with Gasteiger partial charge in [-0.25, -0.2) is 9.97 Å². The third kappa shape index (κ3) is 5.33. The summed E-state index contributed by atoms with van der Waals surface area (Å²) in [6.07, 6.45) is 2.91. The zero-order valence-electron chi connectivity index (χ0n) is 13.9. The number of rotatable bonds is 8. The number of aromatic nitrogens is 2. The molecule has 0 bridgehead atoms. The lowest BCUT2D eigenvalue weighted by atomic mass is 10.2. The summed E-state index contributed by atoms with van der Waals surface area (Å²) in [5.74, 6) is 1.35. The van der Waals surface area contributed by atoms with Crippen molar-refractivity contribution in [3.8, 4) is 0 Å². The maximum absolute atomic E-state index is 12.6. The lowest BCUT2D eigenvalue weighted by molar-refractivity contribution is 0.0749. The van der Waals surface area contributed by atoms with Gasteiger partial charge in [0.1, 0.15) is 17.3 Å². The average Bonchev–Trinajstić information content (AvgIpc) is 2.45. The SMILES string of the molecule is CCCN(CCC)C(=O)c1cc(NC(C)CC)nc(C)n1. The number of nitrogens with zero attached hydrogens (tertiary/aromatic N) is 3. The van der Waals surface area contributed by atoms with Crippen molar-refractivity contribution in [2.75, 3.05) is 18.4 Å². The molecule has 118 valence electrons. The molecule has 0 fully saturated rings. The minimum atomic E-state index is -0.00333. The molecule has 0 aliphatic carbocycles. The highest BCUT2D eigenvalue weighted by Crippen LogP contribution is 2.12. The Kier molecular flexibility index (Phi) is 7.12. The summed E-state index contributed by atoms with van der Waals surface area (Å²) in [5, 5.41) is 3.31. The van der Waals surface area contributed by atoms with Gasteiger partial charge in [-0.1, -0.05) is 20.8 Å². The summed E-state index contributed by atoms with van der Waals surface area (Å²) in [6.45, 7) is 11.7. The van der Waals surface area contributed by atoms with E-state index in [4.69, 9.17) is 0 Å². The number of carbonyl (C=O) groups excluding carboxylic acids is 1. The highest BCUT2D eigenvalue weighted by molar-refractivity contribution is 5.93. The number of carbonyl (C=O) groups is 1. The third-order valence-electron chi connectivity index (χ3n) is 3.34. The zero-order valence-corrected chi connectivity index (χ0v) is 13.9. The fourth-order valence-corrected chi connectivity index (χ4v) is 2.12. The Morgan fingerprint density at radius 1 is 1.24 bits per heavy atom. The molecule has 1 rings (SSSR count). The first-order chi connectivity index (χ1) is 10.0. The fraction of sp³-hybridized carbons (Fsp3) is 0.688. The van der Waals surface area contributed by atoms with E-state index < -0.39 is 0 Å². The summed E-state index contributed by atoms with van der Waals surface area (Å²) >= 11 is 0. The van der Waals surface area contributed by atoms with Gasteiger partial charge >= 0.3 is 0 Å². The average molecular weight is 292 g/mol. The van der Waals surface area contributed by atoms with E-state index in [9.17, 15) is 4.79 Å². The summed E-state index contributed by atoms with van der Waals surface area (Å²) in [4.78, 5) is 23.1. The highest BCUT2D eigenvalue weighted by atomic mass is 16.2. The second kappa shape index (κ2) is 8.60. The Morgan fingerprint density at radius 3 is 2.38 bits per heavy atom. The van der Waals surface area contributed by atoms with Crippen LogP contribution in [0.15, 0.2) is 6.07 Å². The molecular weight excluding hydrogens is 264 g/mol. The molecule has 5 nitrogen and oxygen atoms in total. The Bertz CT molecular complexity index is 456. The van der Waals surface area contributed by atoms with Crippen LogP contribution >= 0.6 is 0 Å².